The highest BCUT2D eigenvalue weighted by molar-refractivity contribution is 5.69. The van der Waals surface area contributed by atoms with Crippen LogP contribution in [0.5, 0.6) is 0 Å². The second-order valence-electron chi connectivity index (χ2n) is 2.45. The Labute approximate surface area is 78.1 Å². The van der Waals surface area contributed by atoms with E-state index in [1.54, 1.807) is 0 Å². The molecule has 2 N–H and O–H groups in total. The second-order valence-corrected chi connectivity index (χ2v) is 2.45. The molecule has 0 spiro atoms. The molecule has 0 aliphatic heterocycles. The zero-order chi connectivity index (χ0) is 9.94. The van der Waals surface area contributed by atoms with Crippen LogP contribution in [-0.4, -0.2) is 32.8 Å². The SMILES string of the molecule is COOCCCCOC(=O)CCN. The van der Waals surface area contributed by atoms with E-state index in [9.17, 15) is 4.79 Å². The third kappa shape index (κ3) is 9.26. The Kier molecular flexibility index (Phi) is 8.97. The summed E-state index contributed by atoms with van der Waals surface area (Å²) in [5, 5.41) is 0. The van der Waals surface area contributed by atoms with E-state index in [1.165, 1.54) is 7.11 Å². The van der Waals surface area contributed by atoms with Crippen molar-refractivity contribution in [2.75, 3.05) is 26.9 Å². The molecule has 0 aliphatic rings. The van der Waals surface area contributed by atoms with Crippen molar-refractivity contribution in [3.63, 3.8) is 0 Å². The molecule has 0 aromatic carbocycles. The van der Waals surface area contributed by atoms with Crippen LogP contribution in [0.25, 0.3) is 0 Å². The first kappa shape index (κ1) is 12.3. The molecule has 0 aliphatic carbocycles. The van der Waals surface area contributed by atoms with Gasteiger partial charge in [0, 0.05) is 6.54 Å². The molecule has 0 amide bonds. The first-order chi connectivity index (χ1) is 6.31. The Balaban J connectivity index is 3.02. The van der Waals surface area contributed by atoms with E-state index in [-0.39, 0.29) is 12.4 Å². The lowest BCUT2D eigenvalue weighted by Gasteiger charge is -2.03. The summed E-state index contributed by atoms with van der Waals surface area (Å²) >= 11 is 0. The van der Waals surface area contributed by atoms with Crippen molar-refractivity contribution < 1.29 is 19.3 Å². The number of esters is 1. The molecule has 13 heavy (non-hydrogen) atoms. The first-order valence-corrected chi connectivity index (χ1v) is 4.32. The minimum Gasteiger partial charge on any atom is -0.466 e. The van der Waals surface area contributed by atoms with Gasteiger partial charge in [-0.25, -0.2) is 9.78 Å². The number of carbonyl (C=O) groups excluding carboxylic acids is 1. The average molecular weight is 191 g/mol. The minimum atomic E-state index is -0.241. The third-order valence-electron chi connectivity index (χ3n) is 1.35. The van der Waals surface area contributed by atoms with E-state index >= 15 is 0 Å². The number of hydrogen-bond donors (Lipinski definition) is 1. The van der Waals surface area contributed by atoms with Gasteiger partial charge < -0.3 is 10.5 Å². The van der Waals surface area contributed by atoms with Crippen LogP contribution < -0.4 is 5.73 Å². The molecule has 0 fully saturated rings. The maximum Gasteiger partial charge on any atom is 0.307 e. The molecule has 0 aromatic heterocycles. The van der Waals surface area contributed by atoms with Crippen molar-refractivity contribution in [1.82, 2.24) is 0 Å². The molecule has 0 rings (SSSR count). The molecule has 0 aromatic rings. The van der Waals surface area contributed by atoms with Gasteiger partial charge in [-0.15, -0.1) is 0 Å². The molecule has 0 unspecified atom stereocenters. The second kappa shape index (κ2) is 9.44. The van der Waals surface area contributed by atoms with E-state index in [0.717, 1.165) is 12.8 Å². The summed E-state index contributed by atoms with van der Waals surface area (Å²) in [4.78, 5) is 19.8. The fourth-order valence-electron chi connectivity index (χ4n) is 0.722. The van der Waals surface area contributed by atoms with E-state index in [4.69, 9.17) is 10.5 Å². The fourth-order valence-corrected chi connectivity index (χ4v) is 0.722. The number of carbonyl (C=O) groups is 1. The molecule has 0 saturated carbocycles. The van der Waals surface area contributed by atoms with Gasteiger partial charge in [-0.1, -0.05) is 0 Å². The van der Waals surface area contributed by atoms with Crippen LogP contribution in [-0.2, 0) is 19.3 Å². The molecule has 5 heteroatoms. The normalized spacial score (nSPS) is 10.0. The zero-order valence-electron chi connectivity index (χ0n) is 7.95. The predicted octanol–water partition coefficient (Wildman–Crippen LogP) is 0.237. The molecule has 78 valence electrons. The van der Waals surface area contributed by atoms with Crippen molar-refractivity contribution in [2.45, 2.75) is 19.3 Å². The number of ether oxygens (including phenoxy) is 1. The maximum absolute atomic E-state index is 10.8. The van der Waals surface area contributed by atoms with Crippen LogP contribution in [0.15, 0.2) is 0 Å². The quantitative estimate of drug-likeness (QED) is 0.257. The average Bonchev–Trinajstić information content (AvgIpc) is 2.11. The number of hydrogen-bond acceptors (Lipinski definition) is 5. The largest absolute Gasteiger partial charge is 0.466 e. The van der Waals surface area contributed by atoms with E-state index < -0.39 is 0 Å². The lowest BCUT2D eigenvalue weighted by Crippen LogP contribution is -2.12. The Hall–Kier alpha value is -0.650. The van der Waals surface area contributed by atoms with Crippen molar-refractivity contribution in [1.29, 1.82) is 0 Å². The highest BCUT2D eigenvalue weighted by atomic mass is 17.2. The smallest absolute Gasteiger partial charge is 0.307 e. The van der Waals surface area contributed by atoms with Gasteiger partial charge in [0.1, 0.15) is 0 Å². The van der Waals surface area contributed by atoms with Gasteiger partial charge in [-0.05, 0) is 12.8 Å². The van der Waals surface area contributed by atoms with Crippen molar-refractivity contribution >= 4 is 5.97 Å². The van der Waals surface area contributed by atoms with Crippen LogP contribution in [0.4, 0.5) is 0 Å². The summed E-state index contributed by atoms with van der Waals surface area (Å²) < 4.78 is 4.85. The van der Waals surface area contributed by atoms with Gasteiger partial charge >= 0.3 is 5.97 Å². The zero-order valence-corrected chi connectivity index (χ0v) is 7.95. The predicted molar refractivity (Wildman–Crippen MR) is 46.8 cm³/mol. The van der Waals surface area contributed by atoms with Crippen LogP contribution in [0.3, 0.4) is 0 Å². The van der Waals surface area contributed by atoms with Gasteiger partial charge in [0.25, 0.3) is 0 Å². The molecular weight excluding hydrogens is 174 g/mol. The van der Waals surface area contributed by atoms with Gasteiger partial charge in [0.15, 0.2) is 0 Å². The molecule has 5 nitrogen and oxygen atoms in total. The maximum atomic E-state index is 10.8. The highest BCUT2D eigenvalue weighted by Gasteiger charge is 1.99. The van der Waals surface area contributed by atoms with E-state index in [0.29, 0.717) is 19.8 Å². The minimum absolute atomic E-state index is 0.241. The number of unbranched alkanes of at least 4 members (excludes halogenated alkanes) is 1. The van der Waals surface area contributed by atoms with E-state index in [1.807, 2.05) is 0 Å². The summed E-state index contributed by atoms with van der Waals surface area (Å²) in [5.74, 6) is -0.241. The molecule has 0 heterocycles. The summed E-state index contributed by atoms with van der Waals surface area (Å²) in [6, 6.07) is 0. The Bertz CT molecular complexity index is 129. The Morgan fingerprint density at radius 1 is 1.31 bits per heavy atom. The summed E-state index contributed by atoms with van der Waals surface area (Å²) in [7, 11) is 1.46. The molecule has 0 atom stereocenters. The number of nitrogens with two attached hydrogens (primary N) is 1. The fraction of sp³-hybridized carbons (Fsp3) is 0.875. The van der Waals surface area contributed by atoms with Gasteiger partial charge in [0.05, 0.1) is 26.7 Å². The van der Waals surface area contributed by atoms with Crippen LogP contribution in [0.1, 0.15) is 19.3 Å². The summed E-state index contributed by atoms with van der Waals surface area (Å²) in [6.07, 6.45) is 1.87. The van der Waals surface area contributed by atoms with Gasteiger partial charge in [-0.2, -0.15) is 0 Å². The lowest BCUT2D eigenvalue weighted by molar-refractivity contribution is -0.272. The van der Waals surface area contributed by atoms with Crippen LogP contribution in [0.2, 0.25) is 0 Å². The van der Waals surface area contributed by atoms with Crippen LogP contribution in [0, 0.1) is 0 Å². The van der Waals surface area contributed by atoms with Crippen molar-refractivity contribution in [2.24, 2.45) is 5.73 Å². The van der Waals surface area contributed by atoms with E-state index in [2.05, 4.69) is 9.78 Å². The Morgan fingerprint density at radius 2 is 2.00 bits per heavy atom. The summed E-state index contributed by atoms with van der Waals surface area (Å²) in [5.41, 5.74) is 5.16. The first-order valence-electron chi connectivity index (χ1n) is 4.32. The molecule has 0 bridgehead atoms. The summed E-state index contributed by atoms with van der Waals surface area (Å²) in [6.45, 7) is 1.28. The molecule has 0 saturated heterocycles. The highest BCUT2D eigenvalue weighted by Crippen LogP contribution is 1.93. The lowest BCUT2D eigenvalue weighted by atomic mass is 10.3. The van der Waals surface area contributed by atoms with Gasteiger partial charge in [0.2, 0.25) is 0 Å². The third-order valence-corrected chi connectivity index (χ3v) is 1.35. The monoisotopic (exact) mass is 191 g/mol. The van der Waals surface area contributed by atoms with Crippen molar-refractivity contribution in [3.05, 3.63) is 0 Å². The number of rotatable bonds is 8. The van der Waals surface area contributed by atoms with Crippen LogP contribution >= 0.6 is 0 Å². The van der Waals surface area contributed by atoms with Gasteiger partial charge in [-0.3, -0.25) is 4.79 Å². The topological polar surface area (TPSA) is 70.8 Å². The van der Waals surface area contributed by atoms with Crippen molar-refractivity contribution in [3.8, 4) is 0 Å². The Morgan fingerprint density at radius 3 is 2.62 bits per heavy atom. The molecule has 0 radical (unpaired) electrons. The molecular formula is C8H17NO4. The standard InChI is InChI=1S/C8H17NO4/c1-11-13-7-3-2-6-12-8(10)4-5-9/h2-7,9H2,1H3.